The van der Waals surface area contributed by atoms with Crippen LogP contribution in [0.25, 0.3) is 0 Å². The summed E-state index contributed by atoms with van der Waals surface area (Å²) in [6.45, 7) is 0. The van der Waals surface area contributed by atoms with Crippen LogP contribution in [-0.4, -0.2) is 17.1 Å². The van der Waals surface area contributed by atoms with E-state index in [0.717, 1.165) is 12.8 Å². The van der Waals surface area contributed by atoms with Gasteiger partial charge in [0, 0.05) is 12.2 Å². The Morgan fingerprint density at radius 2 is 2.19 bits per heavy atom. The van der Waals surface area contributed by atoms with E-state index in [4.69, 9.17) is 11.6 Å². The predicted molar refractivity (Wildman–Crippen MR) is 63.7 cm³/mol. The summed E-state index contributed by atoms with van der Waals surface area (Å²) in [6.07, 6.45) is 6.09. The van der Waals surface area contributed by atoms with Gasteiger partial charge in [-0.05, 0) is 25.0 Å². The van der Waals surface area contributed by atoms with Crippen molar-refractivity contribution in [3.05, 3.63) is 23.4 Å². The molecule has 86 valence electrons. The highest BCUT2D eigenvalue weighted by Gasteiger charge is 2.17. The van der Waals surface area contributed by atoms with Crippen LogP contribution >= 0.6 is 11.6 Å². The van der Waals surface area contributed by atoms with Crippen LogP contribution in [0.5, 0.6) is 0 Å². The van der Waals surface area contributed by atoms with Gasteiger partial charge < -0.3 is 5.32 Å². The van der Waals surface area contributed by atoms with Crippen LogP contribution < -0.4 is 10.6 Å². The van der Waals surface area contributed by atoms with Gasteiger partial charge in [-0.25, -0.2) is 9.78 Å². The number of hydrogen-bond donors (Lipinski definition) is 2. The highest BCUT2D eigenvalue weighted by atomic mass is 35.5. The number of urea groups is 1. The Labute approximate surface area is 99.4 Å². The molecule has 0 radical (unpaired) electrons. The van der Waals surface area contributed by atoms with Crippen molar-refractivity contribution in [2.45, 2.75) is 31.7 Å². The number of nitrogens with zero attached hydrogens (tertiary/aromatic N) is 1. The third-order valence-electron chi connectivity index (χ3n) is 2.68. The Kier molecular flexibility index (Phi) is 3.62. The lowest BCUT2D eigenvalue weighted by molar-refractivity contribution is 0.248. The summed E-state index contributed by atoms with van der Waals surface area (Å²) < 4.78 is 0. The van der Waals surface area contributed by atoms with Gasteiger partial charge in [0.15, 0.2) is 5.82 Å². The first-order valence-electron chi connectivity index (χ1n) is 5.44. The van der Waals surface area contributed by atoms with Gasteiger partial charge in [-0.2, -0.15) is 0 Å². The van der Waals surface area contributed by atoms with Crippen LogP contribution in [0, 0.1) is 0 Å². The van der Waals surface area contributed by atoms with Crippen molar-refractivity contribution in [2.24, 2.45) is 0 Å². The van der Waals surface area contributed by atoms with Crippen molar-refractivity contribution in [3.8, 4) is 0 Å². The minimum Gasteiger partial charge on any atom is -0.335 e. The molecule has 1 saturated carbocycles. The summed E-state index contributed by atoms with van der Waals surface area (Å²) >= 11 is 5.88. The maximum absolute atomic E-state index is 11.6. The van der Waals surface area contributed by atoms with Crippen molar-refractivity contribution in [3.63, 3.8) is 0 Å². The lowest BCUT2D eigenvalue weighted by Gasteiger charge is -2.12. The fourth-order valence-electron chi connectivity index (χ4n) is 1.88. The molecule has 2 rings (SSSR count). The van der Waals surface area contributed by atoms with Crippen molar-refractivity contribution < 1.29 is 4.79 Å². The number of carbonyl (C=O) groups is 1. The number of anilines is 1. The summed E-state index contributed by atoms with van der Waals surface area (Å²) in [4.78, 5) is 15.6. The third kappa shape index (κ3) is 2.85. The predicted octanol–water partition coefficient (Wildman–Crippen LogP) is 2.80. The molecular formula is C11H14ClN3O. The smallest absolute Gasteiger partial charge is 0.320 e. The quantitative estimate of drug-likeness (QED) is 0.834. The van der Waals surface area contributed by atoms with Gasteiger partial charge in [-0.1, -0.05) is 24.4 Å². The highest BCUT2D eigenvalue weighted by molar-refractivity contribution is 6.33. The van der Waals surface area contributed by atoms with E-state index in [-0.39, 0.29) is 6.03 Å². The Bertz CT molecular complexity index is 377. The molecule has 0 aromatic carbocycles. The van der Waals surface area contributed by atoms with Gasteiger partial charge in [0.1, 0.15) is 0 Å². The van der Waals surface area contributed by atoms with Crippen LogP contribution in [0.2, 0.25) is 5.02 Å². The van der Waals surface area contributed by atoms with Crippen molar-refractivity contribution in [2.75, 3.05) is 5.32 Å². The molecule has 16 heavy (non-hydrogen) atoms. The number of halogens is 1. The number of rotatable bonds is 2. The molecular weight excluding hydrogens is 226 g/mol. The van der Waals surface area contributed by atoms with Gasteiger partial charge in [-0.15, -0.1) is 0 Å². The fraction of sp³-hybridized carbons (Fsp3) is 0.455. The summed E-state index contributed by atoms with van der Waals surface area (Å²) in [5.41, 5.74) is 0. The lowest BCUT2D eigenvalue weighted by Crippen LogP contribution is -2.36. The molecule has 1 aliphatic rings. The standard InChI is InChI=1S/C11H14ClN3O/c12-9-6-3-7-13-10(9)15-11(16)14-8-4-1-2-5-8/h3,6-8H,1-2,4-5H2,(H2,13,14,15,16). The number of aromatic nitrogens is 1. The van der Waals surface area contributed by atoms with Crippen LogP contribution in [0.4, 0.5) is 10.6 Å². The first kappa shape index (κ1) is 11.2. The summed E-state index contributed by atoms with van der Waals surface area (Å²) in [5.74, 6) is 0.402. The minimum atomic E-state index is -0.229. The monoisotopic (exact) mass is 239 g/mol. The van der Waals surface area contributed by atoms with E-state index in [1.54, 1.807) is 18.3 Å². The van der Waals surface area contributed by atoms with E-state index in [2.05, 4.69) is 15.6 Å². The van der Waals surface area contributed by atoms with Crippen molar-refractivity contribution in [1.82, 2.24) is 10.3 Å². The van der Waals surface area contributed by atoms with Gasteiger partial charge in [0.25, 0.3) is 0 Å². The van der Waals surface area contributed by atoms with E-state index in [1.165, 1.54) is 12.8 Å². The highest BCUT2D eigenvalue weighted by Crippen LogP contribution is 2.19. The molecule has 0 aliphatic heterocycles. The van der Waals surface area contributed by atoms with E-state index in [0.29, 0.717) is 16.9 Å². The molecule has 1 aliphatic carbocycles. The van der Waals surface area contributed by atoms with Crippen LogP contribution in [0.15, 0.2) is 18.3 Å². The second-order valence-corrected chi connectivity index (χ2v) is 4.32. The molecule has 1 fully saturated rings. The Morgan fingerprint density at radius 3 is 2.88 bits per heavy atom. The minimum absolute atomic E-state index is 0.229. The summed E-state index contributed by atoms with van der Waals surface area (Å²) in [6, 6.07) is 3.48. The maximum Gasteiger partial charge on any atom is 0.320 e. The number of hydrogen-bond acceptors (Lipinski definition) is 2. The van der Waals surface area contributed by atoms with Crippen molar-refractivity contribution >= 4 is 23.4 Å². The molecule has 2 amide bonds. The average molecular weight is 240 g/mol. The van der Waals surface area contributed by atoms with Gasteiger partial charge >= 0.3 is 6.03 Å². The van der Waals surface area contributed by atoms with E-state index in [9.17, 15) is 4.79 Å². The van der Waals surface area contributed by atoms with Crippen molar-refractivity contribution in [1.29, 1.82) is 0 Å². The molecule has 2 N–H and O–H groups in total. The molecule has 1 aromatic rings. The SMILES string of the molecule is O=C(Nc1ncccc1Cl)NC1CCCC1. The first-order chi connectivity index (χ1) is 7.75. The number of amides is 2. The Morgan fingerprint density at radius 1 is 1.44 bits per heavy atom. The zero-order chi connectivity index (χ0) is 11.4. The summed E-state index contributed by atoms with van der Waals surface area (Å²) in [7, 11) is 0. The van der Waals surface area contributed by atoms with Gasteiger partial charge in [0.05, 0.1) is 5.02 Å². The van der Waals surface area contributed by atoms with E-state index < -0.39 is 0 Å². The zero-order valence-corrected chi connectivity index (χ0v) is 9.63. The molecule has 0 atom stereocenters. The molecule has 0 unspecified atom stereocenters. The molecule has 0 spiro atoms. The number of carbonyl (C=O) groups excluding carboxylic acids is 1. The lowest BCUT2D eigenvalue weighted by atomic mass is 10.2. The first-order valence-corrected chi connectivity index (χ1v) is 5.81. The number of nitrogens with one attached hydrogen (secondary N) is 2. The second-order valence-electron chi connectivity index (χ2n) is 3.91. The normalized spacial score (nSPS) is 16.1. The molecule has 0 bridgehead atoms. The average Bonchev–Trinajstić information content (AvgIpc) is 2.74. The van der Waals surface area contributed by atoms with Crippen LogP contribution in [-0.2, 0) is 0 Å². The fourth-order valence-corrected chi connectivity index (χ4v) is 2.05. The molecule has 1 aromatic heterocycles. The number of pyridine rings is 1. The van der Waals surface area contributed by atoms with Gasteiger partial charge in [-0.3, -0.25) is 5.32 Å². The molecule has 0 saturated heterocycles. The zero-order valence-electron chi connectivity index (χ0n) is 8.87. The van der Waals surface area contributed by atoms with Gasteiger partial charge in [0.2, 0.25) is 0 Å². The summed E-state index contributed by atoms with van der Waals surface area (Å²) in [5, 5.41) is 6.00. The molecule has 5 heteroatoms. The third-order valence-corrected chi connectivity index (χ3v) is 2.99. The molecule has 1 heterocycles. The molecule has 4 nitrogen and oxygen atoms in total. The topological polar surface area (TPSA) is 54.0 Å². The van der Waals surface area contributed by atoms with Crippen LogP contribution in [0.1, 0.15) is 25.7 Å². The van der Waals surface area contributed by atoms with E-state index in [1.807, 2.05) is 0 Å². The largest absolute Gasteiger partial charge is 0.335 e. The Hall–Kier alpha value is -1.29. The van der Waals surface area contributed by atoms with Crippen LogP contribution in [0.3, 0.4) is 0 Å². The Balaban J connectivity index is 1.89. The van der Waals surface area contributed by atoms with E-state index >= 15 is 0 Å². The maximum atomic E-state index is 11.6. The second kappa shape index (κ2) is 5.16.